The van der Waals surface area contributed by atoms with Crippen LogP contribution in [-0.2, 0) is 43.6 Å². The zero-order valence-electron chi connectivity index (χ0n) is 41.5. The first kappa shape index (κ1) is 51.7. The number of likely N-dealkylation sites (tertiary alicyclic amines) is 2. The van der Waals surface area contributed by atoms with E-state index in [1.54, 1.807) is 45.8 Å². The Morgan fingerprint density at radius 2 is 1.41 bits per heavy atom. The number of carbonyl (C=O) groups is 6. The van der Waals surface area contributed by atoms with Crippen molar-refractivity contribution in [3.05, 3.63) is 111 Å². The van der Waals surface area contributed by atoms with Crippen LogP contribution in [0.2, 0.25) is 0 Å². The molecule has 19 heteroatoms. The second kappa shape index (κ2) is 22.1. The lowest BCUT2D eigenvalue weighted by molar-refractivity contribution is -0.153. The van der Waals surface area contributed by atoms with Crippen LogP contribution in [0.3, 0.4) is 0 Å². The number of aliphatic hydroxyl groups is 1. The molecule has 73 heavy (non-hydrogen) atoms. The lowest BCUT2D eigenvalue weighted by atomic mass is 9.74. The van der Waals surface area contributed by atoms with Gasteiger partial charge in [0.2, 0.25) is 29.5 Å². The van der Waals surface area contributed by atoms with Gasteiger partial charge in [0.05, 0.1) is 44.8 Å². The van der Waals surface area contributed by atoms with Crippen molar-refractivity contribution in [3.63, 3.8) is 0 Å². The maximum atomic E-state index is 14.7. The summed E-state index contributed by atoms with van der Waals surface area (Å²) in [5.74, 6) is -1.47. The van der Waals surface area contributed by atoms with Crippen LogP contribution in [0.15, 0.2) is 77.8 Å². The Morgan fingerprint density at radius 3 is 1.93 bits per heavy atom. The first-order valence-electron chi connectivity index (χ1n) is 25.0. The number of rotatable bonds is 18. The number of aromatic nitrogens is 2. The van der Waals surface area contributed by atoms with Gasteiger partial charge in [-0.05, 0) is 85.4 Å². The third kappa shape index (κ3) is 11.1. The molecule has 0 bridgehead atoms. The Bertz CT molecular complexity index is 2870. The Hall–Kier alpha value is -6.15. The first-order valence-corrected chi connectivity index (χ1v) is 27.4. The van der Waals surface area contributed by atoms with Crippen molar-refractivity contribution < 1.29 is 38.6 Å². The van der Waals surface area contributed by atoms with Crippen molar-refractivity contribution in [3.8, 4) is 26.6 Å². The summed E-state index contributed by atoms with van der Waals surface area (Å²) in [7, 11) is 0. The van der Waals surface area contributed by atoms with Crippen molar-refractivity contribution in [2.24, 2.45) is 5.92 Å². The fraction of sp³-hybridized carbons (Fsp3) is 0.444. The van der Waals surface area contributed by atoms with Crippen LogP contribution < -0.4 is 20.7 Å². The molecule has 5 aromatic rings. The molecule has 16 nitrogen and oxygen atoms in total. The van der Waals surface area contributed by atoms with Crippen LogP contribution >= 0.6 is 35.3 Å². The molecule has 1 aliphatic carbocycles. The predicted molar refractivity (Wildman–Crippen MR) is 282 cm³/mol. The molecule has 9 rings (SSSR count). The quantitative estimate of drug-likeness (QED) is 0.0627. The van der Waals surface area contributed by atoms with Crippen LogP contribution in [0.5, 0.6) is 5.75 Å². The summed E-state index contributed by atoms with van der Waals surface area (Å²) >= 11 is 7.56. The van der Waals surface area contributed by atoms with E-state index in [0.717, 1.165) is 43.4 Å². The Labute approximate surface area is 438 Å². The highest BCUT2D eigenvalue weighted by atomic mass is 32.1. The Kier molecular flexibility index (Phi) is 15.7. The van der Waals surface area contributed by atoms with E-state index in [4.69, 9.17) is 4.74 Å². The topological polar surface area (TPSA) is 203 Å². The van der Waals surface area contributed by atoms with Gasteiger partial charge >= 0.3 is 0 Å². The highest BCUT2D eigenvalue weighted by Gasteiger charge is 2.57. The molecule has 4 aliphatic rings. The van der Waals surface area contributed by atoms with Crippen LogP contribution in [0.25, 0.3) is 20.9 Å². The van der Waals surface area contributed by atoms with Gasteiger partial charge in [-0.2, -0.15) is 12.6 Å². The van der Waals surface area contributed by atoms with Gasteiger partial charge in [0.15, 0.2) is 0 Å². The number of ether oxygens (including phenoxy) is 1. The first-order chi connectivity index (χ1) is 35.1. The molecule has 3 fully saturated rings. The smallest absolute Gasteiger partial charge is 0.255 e. The van der Waals surface area contributed by atoms with Crippen molar-refractivity contribution in [1.82, 2.24) is 40.6 Å². The average molecular weight is 1050 g/mol. The third-order valence-electron chi connectivity index (χ3n) is 14.6. The van der Waals surface area contributed by atoms with E-state index in [0.29, 0.717) is 48.5 Å². The molecular weight excluding hydrogens is 985 g/mol. The number of thiazole rings is 2. The summed E-state index contributed by atoms with van der Waals surface area (Å²) in [5.41, 5.74) is 9.25. The summed E-state index contributed by atoms with van der Waals surface area (Å²) in [6, 6.07) is 18.1. The maximum Gasteiger partial charge on any atom is 0.255 e. The lowest BCUT2D eigenvalue weighted by Crippen LogP contribution is -2.65. The zero-order chi connectivity index (χ0) is 51.6. The summed E-state index contributed by atoms with van der Waals surface area (Å²) < 4.78 is 6.51. The minimum Gasteiger partial charge on any atom is -0.488 e. The molecule has 3 aliphatic heterocycles. The highest BCUT2D eigenvalue weighted by Crippen LogP contribution is 2.45. The molecule has 1 saturated carbocycles. The van der Waals surface area contributed by atoms with Crippen LogP contribution in [0.1, 0.15) is 97.2 Å². The molecule has 5 heterocycles. The third-order valence-corrected chi connectivity index (χ3v) is 16.9. The van der Waals surface area contributed by atoms with Crippen LogP contribution in [0.4, 0.5) is 0 Å². The van der Waals surface area contributed by atoms with E-state index in [2.05, 4.69) is 38.5 Å². The SMILES string of the molecule is Cc1ncsc1-c1ccc(CNC(=O)[C@@H]2C[C@@H](Oc3ccc4c(c3)C(=O)N(C3(C(=O)N5C[C@H](O)C[C@H]5C(=O)NCc5ccc(-c6scnc6C)cc5)CCC3)C4)CN2C(=O)[C@H](CS)NC(=O)CCC(C)C)cc1. The standard InChI is InChI=1S/C54H62N8O8S3/c1-31(2)6-17-46(64)59-43(28-71)52(68)60-27-41(22-45(60)50(66)56-24-35-9-13-37(14-10-35)48-33(4)58-30-73-48)70-40-16-15-38-25-62(51(67)42(38)21-40)54(18-5-19-54)53(69)61-26-39(63)20-44(61)49(65)55-23-34-7-11-36(12-8-34)47-32(3)57-29-72-47/h7-16,21,29-31,39,41,43-45,63,71H,5-6,17-20,22-28H2,1-4H3,(H,55,65)(H,56,66)(H,59,64)/t39-,41-,43+,44+,45+/m1/s1. The largest absolute Gasteiger partial charge is 0.488 e. The number of thiol groups is 1. The molecule has 6 amide bonds. The predicted octanol–water partition coefficient (Wildman–Crippen LogP) is 6.22. The molecule has 2 saturated heterocycles. The zero-order valence-corrected chi connectivity index (χ0v) is 44.0. The molecule has 5 atom stereocenters. The Balaban J connectivity index is 0.863. The van der Waals surface area contributed by atoms with Crippen molar-refractivity contribution in [2.75, 3.05) is 18.8 Å². The second-order valence-corrected chi connectivity index (χ2v) is 22.1. The minimum absolute atomic E-state index is 0.0192. The van der Waals surface area contributed by atoms with E-state index < -0.39 is 41.8 Å². The van der Waals surface area contributed by atoms with Gasteiger partial charge in [0.1, 0.15) is 35.5 Å². The number of aliphatic hydroxyl groups excluding tert-OH is 1. The number of β-amino-alcohol motifs (C(OH)–C–C–N with tert-alkyl or cyclic N) is 1. The number of nitrogens with one attached hydrogen (secondary N) is 3. The lowest BCUT2D eigenvalue weighted by Gasteiger charge is -2.49. The van der Waals surface area contributed by atoms with E-state index in [9.17, 15) is 33.9 Å². The van der Waals surface area contributed by atoms with Crippen molar-refractivity contribution >= 4 is 70.7 Å². The average Bonchev–Trinajstić information content (AvgIpc) is 4.23. The Morgan fingerprint density at radius 1 is 0.822 bits per heavy atom. The van der Waals surface area contributed by atoms with Gasteiger partial charge in [-0.1, -0.05) is 68.4 Å². The molecule has 0 spiro atoms. The number of amides is 6. The summed E-state index contributed by atoms with van der Waals surface area (Å²) in [5, 5.41) is 19.7. The number of benzene rings is 3. The second-order valence-electron chi connectivity index (χ2n) is 20.0. The van der Waals surface area contributed by atoms with Crippen LogP contribution in [-0.4, -0.2) is 120 Å². The maximum absolute atomic E-state index is 14.7. The van der Waals surface area contributed by atoms with Crippen LogP contribution in [0, 0.1) is 19.8 Å². The van der Waals surface area contributed by atoms with Gasteiger partial charge < -0.3 is 40.5 Å². The molecule has 384 valence electrons. The van der Waals surface area contributed by atoms with E-state index in [1.807, 2.05) is 87.2 Å². The van der Waals surface area contributed by atoms with Gasteiger partial charge in [0.25, 0.3) is 5.91 Å². The molecular formula is C54H62N8O8S3. The van der Waals surface area contributed by atoms with Gasteiger partial charge in [-0.25, -0.2) is 9.97 Å². The number of hydrogen-bond donors (Lipinski definition) is 5. The molecule has 4 N–H and O–H groups in total. The molecule has 0 unspecified atom stereocenters. The number of carbonyl (C=O) groups excluding carboxylic acids is 6. The van der Waals surface area contributed by atoms with Gasteiger partial charge in [-0.3, -0.25) is 28.8 Å². The fourth-order valence-electron chi connectivity index (χ4n) is 10.3. The number of aryl methyl sites for hydroxylation is 2. The van der Waals surface area contributed by atoms with Gasteiger partial charge in [-0.15, -0.1) is 22.7 Å². The van der Waals surface area contributed by atoms with Crippen molar-refractivity contribution in [2.45, 2.75) is 128 Å². The van der Waals surface area contributed by atoms with E-state index in [-0.39, 0.29) is 87.3 Å². The monoisotopic (exact) mass is 1050 g/mol. The molecule has 2 aromatic heterocycles. The summed E-state index contributed by atoms with van der Waals surface area (Å²) in [6.45, 7) is 8.63. The van der Waals surface area contributed by atoms with Gasteiger partial charge in [0, 0.05) is 56.8 Å². The van der Waals surface area contributed by atoms with Crippen molar-refractivity contribution in [1.29, 1.82) is 0 Å². The number of nitrogens with zero attached hydrogens (tertiary/aromatic N) is 5. The normalized spacial score (nSPS) is 20.4. The summed E-state index contributed by atoms with van der Waals surface area (Å²) in [6.07, 6.45) is 1.13. The number of fused-ring (bicyclic) bond motifs is 1. The molecule has 0 radical (unpaired) electrons. The fourth-order valence-corrected chi connectivity index (χ4v) is 12.2. The number of hydrogen-bond acceptors (Lipinski definition) is 13. The van der Waals surface area contributed by atoms with E-state index >= 15 is 0 Å². The summed E-state index contributed by atoms with van der Waals surface area (Å²) in [4.78, 5) is 99.6. The highest BCUT2D eigenvalue weighted by molar-refractivity contribution is 7.80. The molecule has 3 aromatic carbocycles. The van der Waals surface area contributed by atoms with E-state index in [1.165, 1.54) is 9.80 Å². The minimum atomic E-state index is -1.19.